The first-order valence-corrected chi connectivity index (χ1v) is 11.7. The van der Waals surface area contributed by atoms with Crippen LogP contribution in [0.3, 0.4) is 0 Å². The van der Waals surface area contributed by atoms with Gasteiger partial charge in [0.05, 0.1) is 6.04 Å². The molecule has 1 aliphatic heterocycles. The molecule has 2 aliphatic rings. The van der Waals surface area contributed by atoms with Gasteiger partial charge in [-0.15, -0.1) is 0 Å². The van der Waals surface area contributed by atoms with E-state index in [1.807, 2.05) is 23.1 Å². The average molecular weight is 445 g/mol. The van der Waals surface area contributed by atoms with Crippen molar-refractivity contribution in [3.63, 3.8) is 0 Å². The molecular formula is C26H28N4O3. The van der Waals surface area contributed by atoms with E-state index in [1.54, 1.807) is 19.1 Å². The van der Waals surface area contributed by atoms with Crippen LogP contribution in [0.2, 0.25) is 0 Å². The lowest BCUT2D eigenvalue weighted by molar-refractivity contribution is -0.127. The van der Waals surface area contributed by atoms with E-state index in [0.717, 1.165) is 24.8 Å². The third kappa shape index (κ3) is 4.53. The first-order valence-electron chi connectivity index (χ1n) is 11.7. The zero-order valence-electron chi connectivity index (χ0n) is 18.8. The van der Waals surface area contributed by atoms with Crippen LogP contribution in [-0.2, 0) is 11.2 Å². The van der Waals surface area contributed by atoms with Gasteiger partial charge in [-0.25, -0.2) is 0 Å². The highest BCUT2D eigenvalue weighted by Crippen LogP contribution is 2.30. The molecule has 33 heavy (non-hydrogen) atoms. The van der Waals surface area contributed by atoms with Crippen LogP contribution in [0.5, 0.6) is 0 Å². The first kappa shape index (κ1) is 21.4. The van der Waals surface area contributed by atoms with Gasteiger partial charge in [-0.3, -0.25) is 9.59 Å². The van der Waals surface area contributed by atoms with Crippen molar-refractivity contribution < 1.29 is 14.1 Å². The molecule has 1 saturated heterocycles. The van der Waals surface area contributed by atoms with E-state index in [9.17, 15) is 9.59 Å². The van der Waals surface area contributed by atoms with E-state index in [2.05, 4.69) is 33.7 Å². The Hall–Kier alpha value is -3.48. The van der Waals surface area contributed by atoms with Crippen LogP contribution >= 0.6 is 0 Å². The van der Waals surface area contributed by atoms with Gasteiger partial charge < -0.3 is 14.7 Å². The molecule has 7 nitrogen and oxygen atoms in total. The summed E-state index contributed by atoms with van der Waals surface area (Å²) >= 11 is 0. The molecule has 3 aromatic rings. The maximum Gasteiger partial charge on any atom is 0.253 e. The van der Waals surface area contributed by atoms with Crippen LogP contribution in [-0.4, -0.2) is 39.9 Å². The lowest BCUT2D eigenvalue weighted by atomic mass is 9.87. The Bertz CT molecular complexity index is 1150. The second-order valence-corrected chi connectivity index (χ2v) is 8.93. The summed E-state index contributed by atoms with van der Waals surface area (Å²) in [7, 11) is 0. The molecule has 5 rings (SSSR count). The van der Waals surface area contributed by atoms with Crippen LogP contribution < -0.4 is 5.32 Å². The van der Waals surface area contributed by atoms with Gasteiger partial charge in [0.1, 0.15) is 0 Å². The van der Waals surface area contributed by atoms with E-state index >= 15 is 0 Å². The van der Waals surface area contributed by atoms with Crippen molar-refractivity contribution in [2.75, 3.05) is 13.1 Å². The van der Waals surface area contributed by atoms with Crippen molar-refractivity contribution in [2.45, 2.75) is 45.1 Å². The minimum absolute atomic E-state index is 0.00842. The van der Waals surface area contributed by atoms with E-state index < -0.39 is 0 Å². The monoisotopic (exact) mass is 444 g/mol. The quantitative estimate of drug-likeness (QED) is 0.655. The summed E-state index contributed by atoms with van der Waals surface area (Å²) in [6.07, 6.45) is 4.54. The van der Waals surface area contributed by atoms with Gasteiger partial charge in [0.25, 0.3) is 5.91 Å². The molecule has 1 atom stereocenters. The molecule has 1 fully saturated rings. The number of piperidine rings is 1. The molecule has 1 aromatic heterocycles. The number of amides is 2. The number of nitrogens with zero attached hydrogens (tertiary/aromatic N) is 3. The maximum atomic E-state index is 13.0. The van der Waals surface area contributed by atoms with Crippen LogP contribution in [0.1, 0.15) is 59.1 Å². The Balaban J connectivity index is 1.16. The summed E-state index contributed by atoms with van der Waals surface area (Å²) in [5, 5.41) is 7.19. The van der Waals surface area contributed by atoms with Crippen molar-refractivity contribution in [1.82, 2.24) is 20.4 Å². The maximum absolute atomic E-state index is 13.0. The lowest BCUT2D eigenvalue weighted by Crippen LogP contribution is -2.44. The van der Waals surface area contributed by atoms with Gasteiger partial charge in [-0.05, 0) is 55.4 Å². The van der Waals surface area contributed by atoms with E-state index in [-0.39, 0.29) is 23.8 Å². The zero-order chi connectivity index (χ0) is 22.8. The van der Waals surface area contributed by atoms with Crippen LogP contribution in [0.15, 0.2) is 53.1 Å². The van der Waals surface area contributed by atoms with Gasteiger partial charge in [-0.1, -0.05) is 41.6 Å². The summed E-state index contributed by atoms with van der Waals surface area (Å²) in [6, 6.07) is 15.8. The average Bonchev–Trinajstić information content (AvgIpc) is 3.30. The second kappa shape index (κ2) is 9.17. The van der Waals surface area contributed by atoms with Crippen molar-refractivity contribution in [3.8, 4) is 11.4 Å². The Kier molecular flexibility index (Phi) is 5.94. The molecule has 2 aromatic carbocycles. The minimum Gasteiger partial charge on any atom is -0.349 e. The molecule has 1 aliphatic carbocycles. The minimum atomic E-state index is -0.0491. The molecule has 0 spiro atoms. The van der Waals surface area contributed by atoms with E-state index in [0.29, 0.717) is 43.2 Å². The third-order valence-corrected chi connectivity index (χ3v) is 6.76. The predicted molar refractivity (Wildman–Crippen MR) is 123 cm³/mol. The third-order valence-electron chi connectivity index (χ3n) is 6.76. The summed E-state index contributed by atoms with van der Waals surface area (Å²) in [5.74, 6) is 1.07. The molecule has 170 valence electrons. The predicted octanol–water partition coefficient (Wildman–Crippen LogP) is 4.09. The fraction of sp³-hybridized carbons (Fsp3) is 0.385. The van der Waals surface area contributed by atoms with Crippen LogP contribution in [0.25, 0.3) is 11.4 Å². The molecule has 0 unspecified atom stereocenters. The lowest BCUT2D eigenvalue weighted by Gasteiger charge is -2.33. The number of carbonyl (C=O) groups is 2. The van der Waals surface area contributed by atoms with Crippen LogP contribution in [0, 0.1) is 12.8 Å². The Labute approximate surface area is 193 Å². The van der Waals surface area contributed by atoms with E-state index in [1.165, 1.54) is 11.1 Å². The Morgan fingerprint density at radius 1 is 1.03 bits per heavy atom. The molecule has 0 saturated carbocycles. The largest absolute Gasteiger partial charge is 0.349 e. The van der Waals surface area contributed by atoms with Crippen molar-refractivity contribution in [3.05, 3.63) is 71.1 Å². The molecule has 7 heteroatoms. The zero-order valence-corrected chi connectivity index (χ0v) is 18.8. The topological polar surface area (TPSA) is 88.3 Å². The highest BCUT2D eigenvalue weighted by molar-refractivity contribution is 5.94. The van der Waals surface area contributed by atoms with Crippen molar-refractivity contribution in [2.24, 2.45) is 5.92 Å². The first-order chi connectivity index (χ1) is 16.1. The summed E-state index contributed by atoms with van der Waals surface area (Å²) < 4.78 is 5.02. The standard InChI is InChI=1S/C26H28N4O3/c1-17-27-24(29-33-17)19-9-11-21(12-10-19)26(32)30-15-13-20(14-16-30)25(31)28-23-8-4-6-18-5-2-3-7-22(18)23/h2-3,5,7,9-12,20,23H,4,6,8,13-16H2,1H3,(H,28,31)/t23-/m1/s1. The summed E-state index contributed by atoms with van der Waals surface area (Å²) in [6.45, 7) is 2.92. The molecule has 1 N–H and O–H groups in total. The van der Waals surface area contributed by atoms with Gasteiger partial charge >= 0.3 is 0 Å². The number of likely N-dealkylation sites (tertiary alicyclic amines) is 1. The number of rotatable bonds is 4. The summed E-state index contributed by atoms with van der Waals surface area (Å²) in [4.78, 5) is 32.0. The van der Waals surface area contributed by atoms with Gasteiger partial charge in [0, 0.05) is 37.1 Å². The molecular weight excluding hydrogens is 416 g/mol. The van der Waals surface area contributed by atoms with Crippen molar-refractivity contribution in [1.29, 1.82) is 0 Å². The SMILES string of the molecule is Cc1nc(-c2ccc(C(=O)N3CCC(C(=O)N[C@@H]4CCCc5ccccc54)CC3)cc2)no1. The highest BCUT2D eigenvalue weighted by Gasteiger charge is 2.30. The number of hydrogen-bond donors (Lipinski definition) is 1. The number of aryl methyl sites for hydroxylation is 2. The molecule has 0 bridgehead atoms. The smallest absolute Gasteiger partial charge is 0.253 e. The molecule has 2 heterocycles. The Morgan fingerprint density at radius 3 is 2.52 bits per heavy atom. The Morgan fingerprint density at radius 2 is 1.79 bits per heavy atom. The number of fused-ring (bicyclic) bond motifs is 1. The number of hydrogen-bond acceptors (Lipinski definition) is 5. The second-order valence-electron chi connectivity index (χ2n) is 8.93. The van der Waals surface area contributed by atoms with Gasteiger partial charge in [-0.2, -0.15) is 4.98 Å². The number of aromatic nitrogens is 2. The number of nitrogens with one attached hydrogen (secondary N) is 1. The normalized spacial score (nSPS) is 18.6. The fourth-order valence-corrected chi connectivity index (χ4v) is 4.90. The van der Waals surface area contributed by atoms with Gasteiger partial charge in [0.2, 0.25) is 17.6 Å². The number of carbonyl (C=O) groups excluding carboxylic acids is 2. The number of benzene rings is 2. The summed E-state index contributed by atoms with van der Waals surface area (Å²) in [5.41, 5.74) is 4.03. The molecule has 0 radical (unpaired) electrons. The van der Waals surface area contributed by atoms with Gasteiger partial charge in [0.15, 0.2) is 0 Å². The molecule has 2 amide bonds. The van der Waals surface area contributed by atoms with Crippen LogP contribution in [0.4, 0.5) is 0 Å². The van der Waals surface area contributed by atoms with E-state index in [4.69, 9.17) is 4.52 Å². The fourth-order valence-electron chi connectivity index (χ4n) is 4.90. The highest BCUT2D eigenvalue weighted by atomic mass is 16.5. The van der Waals surface area contributed by atoms with Crippen molar-refractivity contribution >= 4 is 11.8 Å².